The van der Waals surface area contributed by atoms with E-state index in [4.69, 9.17) is 18.9 Å². The second-order valence-corrected chi connectivity index (χ2v) is 6.11. The van der Waals surface area contributed by atoms with Crippen LogP contribution in [0.3, 0.4) is 0 Å². The summed E-state index contributed by atoms with van der Waals surface area (Å²) in [6.07, 6.45) is 2.99. The standard InChI is InChI=1S/C18H34N2O6.2C2H6/c1-3-17(21)19-7-11-25-13-15-26-14-12-24-10-6-18(22)20-8-4-16(23-2)5-9-20;2*1-2/h16H,3-15H2,1-2H3,(H,19,21);2*1-2H3. The number of hydrogen-bond acceptors (Lipinski definition) is 6. The molecule has 1 saturated heterocycles. The van der Waals surface area contributed by atoms with Gasteiger partial charge in [-0.15, -0.1) is 0 Å². The highest BCUT2D eigenvalue weighted by atomic mass is 16.5. The van der Waals surface area contributed by atoms with Gasteiger partial charge in [0.15, 0.2) is 0 Å². The van der Waals surface area contributed by atoms with Crippen molar-refractivity contribution in [3.63, 3.8) is 0 Å². The number of likely N-dealkylation sites (tertiary alicyclic amines) is 1. The first-order valence-corrected chi connectivity index (χ1v) is 11.5. The monoisotopic (exact) mass is 434 g/mol. The molecule has 0 aromatic carbocycles. The molecule has 180 valence electrons. The molecule has 1 rings (SSSR count). The number of amides is 2. The minimum absolute atomic E-state index is 0.0277. The van der Waals surface area contributed by atoms with Gasteiger partial charge in [0, 0.05) is 33.2 Å². The Labute approximate surface area is 183 Å². The van der Waals surface area contributed by atoms with Crippen molar-refractivity contribution in [3.8, 4) is 0 Å². The molecule has 1 aliphatic heterocycles. The van der Waals surface area contributed by atoms with Crippen LogP contribution in [0.1, 0.15) is 60.3 Å². The summed E-state index contributed by atoms with van der Waals surface area (Å²) in [5.41, 5.74) is 0. The first-order chi connectivity index (χ1) is 14.7. The average molecular weight is 435 g/mol. The smallest absolute Gasteiger partial charge is 0.224 e. The summed E-state index contributed by atoms with van der Waals surface area (Å²) in [4.78, 5) is 24.9. The fraction of sp³-hybridized carbons (Fsp3) is 0.909. The Kier molecular flexibility index (Phi) is 24.8. The second kappa shape index (κ2) is 24.1. The highest BCUT2D eigenvalue weighted by molar-refractivity contribution is 5.76. The molecular weight excluding hydrogens is 388 g/mol. The number of rotatable bonds is 14. The van der Waals surface area contributed by atoms with Gasteiger partial charge in [-0.1, -0.05) is 34.6 Å². The second-order valence-electron chi connectivity index (χ2n) is 6.11. The molecule has 1 heterocycles. The van der Waals surface area contributed by atoms with Crippen molar-refractivity contribution in [2.45, 2.75) is 66.4 Å². The number of ether oxygens (including phenoxy) is 4. The molecule has 0 radical (unpaired) electrons. The van der Waals surface area contributed by atoms with Gasteiger partial charge < -0.3 is 29.2 Å². The van der Waals surface area contributed by atoms with Crippen LogP contribution < -0.4 is 5.32 Å². The Morgan fingerprint density at radius 2 is 1.37 bits per heavy atom. The third kappa shape index (κ3) is 17.6. The molecule has 8 nitrogen and oxygen atoms in total. The number of methoxy groups -OCH3 is 1. The fourth-order valence-corrected chi connectivity index (χ4v) is 2.59. The van der Waals surface area contributed by atoms with Crippen molar-refractivity contribution in [1.29, 1.82) is 0 Å². The summed E-state index contributed by atoms with van der Waals surface area (Å²) in [6.45, 7) is 14.7. The number of nitrogens with zero attached hydrogens (tertiary/aromatic N) is 1. The van der Waals surface area contributed by atoms with Crippen molar-refractivity contribution in [2.75, 3.05) is 66.4 Å². The van der Waals surface area contributed by atoms with E-state index in [-0.39, 0.29) is 17.9 Å². The van der Waals surface area contributed by atoms with Gasteiger partial charge in [-0.25, -0.2) is 0 Å². The van der Waals surface area contributed by atoms with Crippen LogP contribution in [-0.2, 0) is 28.5 Å². The molecule has 1 N–H and O–H groups in total. The van der Waals surface area contributed by atoms with Crippen LogP contribution in [0, 0.1) is 0 Å². The molecule has 1 fully saturated rings. The minimum atomic E-state index is 0.0277. The number of carbonyl (C=O) groups excluding carboxylic acids is 2. The Hall–Kier alpha value is -1.22. The Morgan fingerprint density at radius 3 is 1.87 bits per heavy atom. The maximum atomic E-state index is 12.0. The van der Waals surface area contributed by atoms with E-state index in [0.29, 0.717) is 59.0 Å². The molecule has 30 heavy (non-hydrogen) atoms. The molecule has 0 aliphatic carbocycles. The molecule has 0 aromatic rings. The van der Waals surface area contributed by atoms with Gasteiger partial charge in [0.05, 0.1) is 52.2 Å². The zero-order valence-electron chi connectivity index (χ0n) is 20.2. The Morgan fingerprint density at radius 1 is 0.867 bits per heavy atom. The van der Waals surface area contributed by atoms with Crippen molar-refractivity contribution in [2.24, 2.45) is 0 Å². The van der Waals surface area contributed by atoms with Crippen molar-refractivity contribution in [3.05, 3.63) is 0 Å². The summed E-state index contributed by atoms with van der Waals surface area (Å²) in [5.74, 6) is 0.170. The lowest BCUT2D eigenvalue weighted by Crippen LogP contribution is -2.40. The van der Waals surface area contributed by atoms with Gasteiger partial charge >= 0.3 is 0 Å². The fourth-order valence-electron chi connectivity index (χ4n) is 2.59. The first-order valence-electron chi connectivity index (χ1n) is 11.5. The molecule has 8 heteroatoms. The van der Waals surface area contributed by atoms with Gasteiger partial charge in [-0.2, -0.15) is 0 Å². The largest absolute Gasteiger partial charge is 0.381 e. The van der Waals surface area contributed by atoms with Crippen molar-refractivity contribution in [1.82, 2.24) is 10.2 Å². The summed E-state index contributed by atoms with van der Waals surface area (Å²) in [5, 5.41) is 2.73. The normalized spacial score (nSPS) is 13.6. The number of piperidine rings is 1. The van der Waals surface area contributed by atoms with Crippen LogP contribution in [0.2, 0.25) is 0 Å². The highest BCUT2D eigenvalue weighted by Crippen LogP contribution is 2.13. The van der Waals surface area contributed by atoms with Crippen LogP contribution >= 0.6 is 0 Å². The molecule has 0 atom stereocenters. The third-order valence-electron chi connectivity index (χ3n) is 4.22. The zero-order valence-corrected chi connectivity index (χ0v) is 20.2. The Balaban J connectivity index is 0. The summed E-state index contributed by atoms with van der Waals surface area (Å²) in [6, 6.07) is 0. The molecule has 0 aromatic heterocycles. The van der Waals surface area contributed by atoms with E-state index in [1.165, 1.54) is 0 Å². The quantitative estimate of drug-likeness (QED) is 0.423. The van der Waals surface area contributed by atoms with Gasteiger partial charge in [0.2, 0.25) is 11.8 Å². The maximum absolute atomic E-state index is 12.0. The van der Waals surface area contributed by atoms with E-state index in [1.54, 1.807) is 7.11 Å². The van der Waals surface area contributed by atoms with Crippen molar-refractivity contribution >= 4 is 11.8 Å². The van der Waals surface area contributed by atoms with Crippen LogP contribution in [0.4, 0.5) is 0 Å². The molecule has 0 saturated carbocycles. The van der Waals surface area contributed by atoms with Crippen LogP contribution in [0.15, 0.2) is 0 Å². The lowest BCUT2D eigenvalue weighted by molar-refractivity contribution is -0.134. The van der Waals surface area contributed by atoms with Gasteiger partial charge in [0.1, 0.15) is 0 Å². The molecule has 2 amide bonds. The third-order valence-corrected chi connectivity index (χ3v) is 4.22. The molecule has 1 aliphatic rings. The summed E-state index contributed by atoms with van der Waals surface area (Å²) < 4.78 is 21.5. The lowest BCUT2D eigenvalue weighted by Gasteiger charge is -2.31. The number of hydrogen-bond donors (Lipinski definition) is 1. The summed E-state index contributed by atoms with van der Waals surface area (Å²) in [7, 11) is 1.72. The SMILES string of the molecule is CC.CC.CCC(=O)NCCOCCOCCOCCC(=O)N1CCC(OC)CC1. The van der Waals surface area contributed by atoms with Crippen LogP contribution in [0.25, 0.3) is 0 Å². The minimum Gasteiger partial charge on any atom is -0.381 e. The highest BCUT2D eigenvalue weighted by Gasteiger charge is 2.21. The predicted octanol–water partition coefficient (Wildman–Crippen LogP) is 2.64. The van der Waals surface area contributed by atoms with E-state index in [9.17, 15) is 9.59 Å². The Bertz CT molecular complexity index is 388. The topological polar surface area (TPSA) is 86.3 Å². The number of carbonyl (C=O) groups is 2. The molecule has 0 spiro atoms. The number of nitrogens with one attached hydrogen (secondary N) is 1. The predicted molar refractivity (Wildman–Crippen MR) is 120 cm³/mol. The van der Waals surface area contributed by atoms with E-state index < -0.39 is 0 Å². The van der Waals surface area contributed by atoms with E-state index in [1.807, 2.05) is 39.5 Å². The van der Waals surface area contributed by atoms with E-state index in [2.05, 4.69) is 5.32 Å². The maximum Gasteiger partial charge on any atom is 0.224 e. The van der Waals surface area contributed by atoms with Gasteiger partial charge in [-0.3, -0.25) is 9.59 Å². The lowest BCUT2D eigenvalue weighted by atomic mass is 10.1. The molecule has 0 bridgehead atoms. The van der Waals surface area contributed by atoms with Gasteiger partial charge in [-0.05, 0) is 12.8 Å². The van der Waals surface area contributed by atoms with Gasteiger partial charge in [0.25, 0.3) is 0 Å². The van der Waals surface area contributed by atoms with Crippen LogP contribution in [0.5, 0.6) is 0 Å². The van der Waals surface area contributed by atoms with E-state index in [0.717, 1.165) is 25.9 Å². The summed E-state index contributed by atoms with van der Waals surface area (Å²) >= 11 is 0. The van der Waals surface area contributed by atoms with E-state index >= 15 is 0 Å². The molecular formula is C22H46N2O6. The van der Waals surface area contributed by atoms with Crippen LogP contribution in [-0.4, -0.2) is 89.2 Å². The average Bonchev–Trinajstić information content (AvgIpc) is 2.82. The molecule has 0 unspecified atom stereocenters. The first kappa shape index (κ1) is 31.0. The van der Waals surface area contributed by atoms with Crippen molar-refractivity contribution < 1.29 is 28.5 Å². The zero-order chi connectivity index (χ0) is 23.0.